The first kappa shape index (κ1) is 17.0. The van der Waals surface area contributed by atoms with Crippen LogP contribution >= 0.6 is 0 Å². The summed E-state index contributed by atoms with van der Waals surface area (Å²) < 4.78 is 0. The van der Waals surface area contributed by atoms with Crippen LogP contribution < -0.4 is 10.3 Å². The van der Waals surface area contributed by atoms with Crippen molar-refractivity contribution in [2.24, 2.45) is 5.10 Å². The predicted molar refractivity (Wildman–Crippen MR) is 98.5 cm³/mol. The Morgan fingerprint density at radius 1 is 1.12 bits per heavy atom. The molecule has 6 nitrogen and oxygen atoms in total. The lowest BCUT2D eigenvalue weighted by atomic mass is 10.1. The number of hydrogen-bond acceptors (Lipinski definition) is 5. The van der Waals surface area contributed by atoms with Crippen LogP contribution in [0.5, 0.6) is 0 Å². The third-order valence-electron chi connectivity index (χ3n) is 4.28. The number of aliphatic hydroxyl groups is 1. The van der Waals surface area contributed by atoms with Crippen molar-refractivity contribution >= 4 is 23.6 Å². The maximum Gasteiger partial charge on any atom is 0.337 e. The Morgan fingerprint density at radius 2 is 1.80 bits per heavy atom. The van der Waals surface area contributed by atoms with E-state index < -0.39 is 5.97 Å². The summed E-state index contributed by atoms with van der Waals surface area (Å²) in [6.45, 7) is 1.73. The molecular weight excluding hydrogens is 318 g/mol. The molecule has 0 saturated carbocycles. The molecule has 0 unspecified atom stereocenters. The van der Waals surface area contributed by atoms with Gasteiger partial charge in [0.25, 0.3) is 0 Å². The monoisotopic (exact) mass is 339 g/mol. The van der Waals surface area contributed by atoms with Crippen molar-refractivity contribution in [3.05, 3.63) is 59.7 Å². The van der Waals surface area contributed by atoms with Crippen molar-refractivity contribution in [3.8, 4) is 0 Å². The van der Waals surface area contributed by atoms with E-state index in [-0.39, 0.29) is 11.7 Å². The number of para-hydroxylation sites is 1. The van der Waals surface area contributed by atoms with Crippen molar-refractivity contribution in [3.63, 3.8) is 0 Å². The second kappa shape index (κ2) is 7.81. The van der Waals surface area contributed by atoms with Crippen molar-refractivity contribution in [2.75, 3.05) is 23.4 Å². The number of aromatic carboxylic acids is 1. The van der Waals surface area contributed by atoms with E-state index in [9.17, 15) is 9.90 Å². The van der Waals surface area contributed by atoms with E-state index in [4.69, 9.17) is 5.11 Å². The van der Waals surface area contributed by atoms with Gasteiger partial charge in [-0.2, -0.15) is 5.10 Å². The van der Waals surface area contributed by atoms with E-state index in [2.05, 4.69) is 15.4 Å². The Bertz CT molecular complexity index is 751. The average molecular weight is 339 g/mol. The fourth-order valence-electron chi connectivity index (χ4n) is 2.84. The van der Waals surface area contributed by atoms with Gasteiger partial charge in [-0.3, -0.25) is 5.43 Å². The Kier molecular flexibility index (Phi) is 5.30. The molecule has 0 spiro atoms. The number of carbonyl (C=O) groups is 1. The van der Waals surface area contributed by atoms with Gasteiger partial charge in [0.15, 0.2) is 0 Å². The molecule has 1 fully saturated rings. The van der Waals surface area contributed by atoms with Gasteiger partial charge in [0, 0.05) is 18.8 Å². The molecule has 0 radical (unpaired) electrons. The van der Waals surface area contributed by atoms with Gasteiger partial charge in [0.05, 0.1) is 23.6 Å². The standard InChI is InChI=1S/C19H21N3O3/c23-16-9-11-22(12-10-16)15-7-5-14(6-8-15)13-20-21-18-4-2-1-3-17(18)19(24)25/h1-8,13,16,21,23H,9-12H2,(H,24,25). The van der Waals surface area contributed by atoms with Crippen molar-refractivity contribution in [1.82, 2.24) is 0 Å². The fraction of sp³-hybridized carbons (Fsp3) is 0.263. The van der Waals surface area contributed by atoms with Gasteiger partial charge in [-0.05, 0) is 42.7 Å². The molecule has 1 aliphatic heterocycles. The van der Waals surface area contributed by atoms with Gasteiger partial charge in [0.2, 0.25) is 0 Å². The molecule has 0 bridgehead atoms. The summed E-state index contributed by atoms with van der Waals surface area (Å²) in [4.78, 5) is 13.4. The smallest absolute Gasteiger partial charge is 0.337 e. The Hall–Kier alpha value is -2.86. The Morgan fingerprint density at radius 3 is 2.48 bits per heavy atom. The molecule has 3 rings (SSSR count). The first-order valence-electron chi connectivity index (χ1n) is 8.28. The topological polar surface area (TPSA) is 85.2 Å². The summed E-state index contributed by atoms with van der Waals surface area (Å²) in [5.74, 6) is -0.991. The highest BCUT2D eigenvalue weighted by Gasteiger charge is 2.16. The number of hydrogen-bond donors (Lipinski definition) is 3. The van der Waals surface area contributed by atoms with Crippen LogP contribution in [-0.4, -0.2) is 41.6 Å². The van der Waals surface area contributed by atoms with Crippen LogP contribution in [0.3, 0.4) is 0 Å². The van der Waals surface area contributed by atoms with E-state index >= 15 is 0 Å². The van der Waals surface area contributed by atoms with Crippen LogP contribution in [0.25, 0.3) is 0 Å². The number of hydrazone groups is 1. The van der Waals surface area contributed by atoms with Gasteiger partial charge in [-0.25, -0.2) is 4.79 Å². The van der Waals surface area contributed by atoms with E-state index in [1.54, 1.807) is 24.4 Å². The highest BCUT2D eigenvalue weighted by atomic mass is 16.4. The molecule has 1 heterocycles. The molecule has 25 heavy (non-hydrogen) atoms. The van der Waals surface area contributed by atoms with Crippen LogP contribution in [0.15, 0.2) is 53.6 Å². The first-order chi connectivity index (χ1) is 12.1. The van der Waals surface area contributed by atoms with Crippen LogP contribution in [0.1, 0.15) is 28.8 Å². The predicted octanol–water partition coefficient (Wildman–Crippen LogP) is 2.79. The highest BCUT2D eigenvalue weighted by molar-refractivity contribution is 5.94. The van der Waals surface area contributed by atoms with Crippen molar-refractivity contribution in [2.45, 2.75) is 18.9 Å². The lowest BCUT2D eigenvalue weighted by Crippen LogP contribution is -2.35. The van der Waals surface area contributed by atoms with Gasteiger partial charge < -0.3 is 15.1 Å². The second-order valence-corrected chi connectivity index (χ2v) is 6.03. The Balaban J connectivity index is 1.62. The molecule has 0 amide bonds. The lowest BCUT2D eigenvalue weighted by Gasteiger charge is -2.31. The van der Waals surface area contributed by atoms with E-state index in [1.807, 2.05) is 24.3 Å². The number of aliphatic hydroxyl groups excluding tert-OH is 1. The third kappa shape index (κ3) is 4.36. The summed E-state index contributed by atoms with van der Waals surface area (Å²) in [6.07, 6.45) is 3.08. The molecule has 2 aromatic rings. The van der Waals surface area contributed by atoms with Crippen LogP contribution in [0, 0.1) is 0 Å². The molecule has 3 N–H and O–H groups in total. The number of carboxylic acid groups (broad SMARTS) is 1. The SMILES string of the molecule is O=C(O)c1ccccc1NN=Cc1ccc(N2CCC(O)CC2)cc1. The number of benzene rings is 2. The summed E-state index contributed by atoms with van der Waals surface area (Å²) in [6, 6.07) is 14.6. The van der Waals surface area contributed by atoms with Gasteiger partial charge in [0.1, 0.15) is 0 Å². The molecule has 1 saturated heterocycles. The zero-order chi connectivity index (χ0) is 17.6. The molecule has 1 aliphatic rings. The van der Waals surface area contributed by atoms with Gasteiger partial charge in [-0.15, -0.1) is 0 Å². The largest absolute Gasteiger partial charge is 0.478 e. The summed E-state index contributed by atoms with van der Waals surface area (Å²) in [5, 5.41) is 22.8. The maximum atomic E-state index is 11.2. The molecule has 0 aliphatic carbocycles. The van der Waals surface area contributed by atoms with E-state index in [0.717, 1.165) is 37.2 Å². The summed E-state index contributed by atoms with van der Waals surface area (Å²) >= 11 is 0. The fourth-order valence-corrected chi connectivity index (χ4v) is 2.84. The highest BCUT2D eigenvalue weighted by Crippen LogP contribution is 2.20. The number of carboxylic acids is 1. The quantitative estimate of drug-likeness (QED) is 0.576. The number of nitrogens with zero attached hydrogens (tertiary/aromatic N) is 2. The minimum Gasteiger partial charge on any atom is -0.478 e. The van der Waals surface area contributed by atoms with Gasteiger partial charge in [-0.1, -0.05) is 24.3 Å². The van der Waals surface area contributed by atoms with Crippen LogP contribution in [0.2, 0.25) is 0 Å². The van der Waals surface area contributed by atoms with E-state index in [1.165, 1.54) is 6.07 Å². The lowest BCUT2D eigenvalue weighted by molar-refractivity contribution is 0.0698. The second-order valence-electron chi connectivity index (χ2n) is 6.03. The van der Waals surface area contributed by atoms with E-state index in [0.29, 0.717) is 5.69 Å². The molecule has 6 heteroatoms. The number of rotatable bonds is 5. The van der Waals surface area contributed by atoms with Crippen molar-refractivity contribution < 1.29 is 15.0 Å². The minimum absolute atomic E-state index is 0.178. The molecule has 130 valence electrons. The average Bonchev–Trinajstić information content (AvgIpc) is 2.63. The summed E-state index contributed by atoms with van der Waals surface area (Å²) in [5.41, 5.74) is 5.46. The van der Waals surface area contributed by atoms with Gasteiger partial charge >= 0.3 is 5.97 Å². The first-order valence-corrected chi connectivity index (χ1v) is 8.28. The zero-order valence-corrected chi connectivity index (χ0v) is 13.8. The molecule has 2 aromatic carbocycles. The number of nitrogens with one attached hydrogen (secondary N) is 1. The van der Waals surface area contributed by atoms with Crippen LogP contribution in [-0.2, 0) is 0 Å². The van der Waals surface area contributed by atoms with Crippen molar-refractivity contribution in [1.29, 1.82) is 0 Å². The zero-order valence-electron chi connectivity index (χ0n) is 13.8. The van der Waals surface area contributed by atoms with Crippen LogP contribution in [0.4, 0.5) is 11.4 Å². The normalized spacial score (nSPS) is 15.5. The molecular formula is C19H21N3O3. The summed E-state index contributed by atoms with van der Waals surface area (Å²) in [7, 11) is 0. The number of anilines is 2. The third-order valence-corrected chi connectivity index (χ3v) is 4.28. The molecule has 0 aromatic heterocycles. The maximum absolute atomic E-state index is 11.2. The minimum atomic E-state index is -0.991. The number of piperidine rings is 1. The Labute approximate surface area is 146 Å². The molecule has 0 atom stereocenters.